The molecule has 0 saturated carbocycles. The van der Waals surface area contributed by atoms with Crippen LogP contribution in [0.25, 0.3) is 0 Å². The van der Waals surface area contributed by atoms with Gasteiger partial charge >= 0.3 is 0 Å². The molecule has 0 saturated heterocycles. The van der Waals surface area contributed by atoms with E-state index in [0.717, 1.165) is 19.4 Å². The zero-order chi connectivity index (χ0) is 10.1. The Morgan fingerprint density at radius 2 is 2.08 bits per heavy atom. The molecule has 0 aromatic rings. The van der Waals surface area contributed by atoms with E-state index in [4.69, 9.17) is 4.74 Å². The van der Waals surface area contributed by atoms with E-state index < -0.39 is 0 Å². The van der Waals surface area contributed by atoms with Crippen molar-refractivity contribution in [1.82, 2.24) is 5.32 Å². The smallest absolute Gasteiger partial charge is 0.222 e. The molecular weight excluding hydrogens is 166 g/mol. The average molecular weight is 187 g/mol. The molecule has 0 aliphatic carbocycles. The number of hydrogen-bond acceptors (Lipinski definition) is 2. The second-order valence-corrected chi connectivity index (χ2v) is 3.24. The minimum Gasteiger partial charge on any atom is -0.381 e. The van der Waals surface area contributed by atoms with Gasteiger partial charge in [-0.1, -0.05) is 13.8 Å². The van der Waals surface area contributed by atoms with Crippen LogP contribution in [0.1, 0.15) is 40.0 Å². The van der Waals surface area contributed by atoms with Crippen molar-refractivity contribution in [2.75, 3.05) is 13.2 Å². The fourth-order valence-corrected chi connectivity index (χ4v) is 0.860. The Bertz CT molecular complexity index is 137. The van der Waals surface area contributed by atoms with Gasteiger partial charge in [0.25, 0.3) is 0 Å². The first-order valence-corrected chi connectivity index (χ1v) is 5.07. The van der Waals surface area contributed by atoms with E-state index in [0.29, 0.717) is 13.0 Å². The second kappa shape index (κ2) is 8.05. The Morgan fingerprint density at radius 3 is 2.62 bits per heavy atom. The Hall–Kier alpha value is -0.570. The van der Waals surface area contributed by atoms with E-state index in [-0.39, 0.29) is 11.9 Å². The Morgan fingerprint density at radius 1 is 1.38 bits per heavy atom. The topological polar surface area (TPSA) is 38.3 Å². The van der Waals surface area contributed by atoms with Gasteiger partial charge in [-0.05, 0) is 19.8 Å². The summed E-state index contributed by atoms with van der Waals surface area (Å²) in [5, 5.41) is 2.89. The number of carbonyl (C=O) groups is 1. The molecule has 0 bridgehead atoms. The van der Waals surface area contributed by atoms with Crippen LogP contribution in [0.2, 0.25) is 0 Å². The van der Waals surface area contributed by atoms with Crippen LogP contribution in [0.15, 0.2) is 0 Å². The fraction of sp³-hybridized carbons (Fsp3) is 0.900. The highest BCUT2D eigenvalue weighted by Gasteiger charge is 2.04. The molecular formula is C10H21NO2. The van der Waals surface area contributed by atoms with Gasteiger partial charge in [-0.2, -0.15) is 0 Å². The third kappa shape index (κ3) is 7.78. The highest BCUT2D eigenvalue weighted by atomic mass is 16.5. The highest BCUT2D eigenvalue weighted by molar-refractivity contribution is 5.76. The molecule has 0 aromatic heterocycles. The molecule has 1 unspecified atom stereocenters. The summed E-state index contributed by atoms with van der Waals surface area (Å²) in [7, 11) is 0. The number of hydrogen-bond donors (Lipinski definition) is 1. The quantitative estimate of drug-likeness (QED) is 0.616. The summed E-state index contributed by atoms with van der Waals surface area (Å²) < 4.78 is 5.21. The monoisotopic (exact) mass is 187 g/mol. The fourth-order valence-electron chi connectivity index (χ4n) is 0.860. The SMILES string of the molecule is CCCOCCC(=O)NC(C)CC. The third-order valence-electron chi connectivity index (χ3n) is 1.84. The van der Waals surface area contributed by atoms with E-state index in [1.807, 2.05) is 6.92 Å². The van der Waals surface area contributed by atoms with Crippen LogP contribution >= 0.6 is 0 Å². The first kappa shape index (κ1) is 12.4. The standard InChI is InChI=1S/C10H21NO2/c1-4-7-13-8-6-10(12)11-9(3)5-2/h9H,4-8H2,1-3H3,(H,11,12). The van der Waals surface area contributed by atoms with E-state index >= 15 is 0 Å². The maximum atomic E-state index is 11.2. The molecule has 1 amide bonds. The Kier molecular flexibility index (Phi) is 7.69. The zero-order valence-electron chi connectivity index (χ0n) is 8.93. The number of nitrogens with one attached hydrogen (secondary N) is 1. The molecule has 13 heavy (non-hydrogen) atoms. The van der Waals surface area contributed by atoms with Gasteiger partial charge in [0.05, 0.1) is 6.61 Å². The van der Waals surface area contributed by atoms with Crippen molar-refractivity contribution < 1.29 is 9.53 Å². The van der Waals surface area contributed by atoms with Gasteiger partial charge in [0.15, 0.2) is 0 Å². The van der Waals surface area contributed by atoms with Crippen molar-refractivity contribution in [3.63, 3.8) is 0 Å². The summed E-state index contributed by atoms with van der Waals surface area (Å²) in [5.74, 6) is 0.0884. The molecule has 3 nitrogen and oxygen atoms in total. The summed E-state index contributed by atoms with van der Waals surface area (Å²) in [4.78, 5) is 11.2. The van der Waals surface area contributed by atoms with Gasteiger partial charge < -0.3 is 10.1 Å². The van der Waals surface area contributed by atoms with E-state index in [1.165, 1.54) is 0 Å². The van der Waals surface area contributed by atoms with Gasteiger partial charge in [0.1, 0.15) is 0 Å². The summed E-state index contributed by atoms with van der Waals surface area (Å²) in [6.45, 7) is 7.40. The number of rotatable bonds is 7. The molecule has 1 atom stereocenters. The molecule has 3 heteroatoms. The molecule has 0 spiro atoms. The average Bonchev–Trinajstić information content (AvgIpc) is 2.12. The van der Waals surface area contributed by atoms with Crippen LogP contribution in [0, 0.1) is 0 Å². The first-order chi connectivity index (χ1) is 6.20. The summed E-state index contributed by atoms with van der Waals surface area (Å²) in [6, 6.07) is 0.277. The second-order valence-electron chi connectivity index (χ2n) is 3.24. The molecule has 78 valence electrons. The largest absolute Gasteiger partial charge is 0.381 e. The van der Waals surface area contributed by atoms with Crippen molar-refractivity contribution in [3.8, 4) is 0 Å². The molecule has 0 rings (SSSR count). The lowest BCUT2D eigenvalue weighted by molar-refractivity contribution is -0.122. The maximum Gasteiger partial charge on any atom is 0.222 e. The van der Waals surface area contributed by atoms with Crippen molar-refractivity contribution in [2.45, 2.75) is 46.1 Å². The van der Waals surface area contributed by atoms with Crippen LogP contribution in [0.3, 0.4) is 0 Å². The van der Waals surface area contributed by atoms with Crippen LogP contribution in [0.5, 0.6) is 0 Å². The van der Waals surface area contributed by atoms with Crippen LogP contribution in [-0.4, -0.2) is 25.2 Å². The van der Waals surface area contributed by atoms with Crippen molar-refractivity contribution in [2.24, 2.45) is 0 Å². The van der Waals surface area contributed by atoms with Gasteiger partial charge in [-0.15, -0.1) is 0 Å². The van der Waals surface area contributed by atoms with Crippen LogP contribution < -0.4 is 5.32 Å². The summed E-state index contributed by atoms with van der Waals surface area (Å²) >= 11 is 0. The molecule has 0 radical (unpaired) electrons. The van der Waals surface area contributed by atoms with Gasteiger partial charge in [0, 0.05) is 19.1 Å². The lowest BCUT2D eigenvalue weighted by Crippen LogP contribution is -2.32. The van der Waals surface area contributed by atoms with Crippen LogP contribution in [-0.2, 0) is 9.53 Å². The lowest BCUT2D eigenvalue weighted by Gasteiger charge is -2.10. The number of carbonyl (C=O) groups excluding carboxylic acids is 1. The highest BCUT2D eigenvalue weighted by Crippen LogP contribution is 1.90. The third-order valence-corrected chi connectivity index (χ3v) is 1.84. The molecule has 0 aromatic carbocycles. The first-order valence-electron chi connectivity index (χ1n) is 5.07. The zero-order valence-corrected chi connectivity index (χ0v) is 8.93. The van der Waals surface area contributed by atoms with E-state index in [9.17, 15) is 4.79 Å². The minimum atomic E-state index is 0.0884. The molecule has 0 aliphatic rings. The Balaban J connectivity index is 3.30. The number of ether oxygens (including phenoxy) is 1. The Labute approximate surface area is 80.8 Å². The van der Waals surface area contributed by atoms with Crippen molar-refractivity contribution in [3.05, 3.63) is 0 Å². The van der Waals surface area contributed by atoms with E-state index in [2.05, 4.69) is 19.2 Å². The van der Waals surface area contributed by atoms with Crippen molar-refractivity contribution in [1.29, 1.82) is 0 Å². The molecule has 0 aliphatic heterocycles. The normalized spacial score (nSPS) is 12.5. The summed E-state index contributed by atoms with van der Waals surface area (Å²) in [5.41, 5.74) is 0. The van der Waals surface area contributed by atoms with Gasteiger partial charge in [-0.25, -0.2) is 0 Å². The minimum absolute atomic E-state index is 0.0884. The molecule has 0 heterocycles. The predicted octanol–water partition coefficient (Wildman–Crippen LogP) is 1.72. The van der Waals surface area contributed by atoms with Crippen LogP contribution in [0.4, 0.5) is 0 Å². The molecule has 1 N–H and O–H groups in total. The lowest BCUT2D eigenvalue weighted by atomic mass is 10.2. The van der Waals surface area contributed by atoms with Crippen molar-refractivity contribution >= 4 is 5.91 Å². The predicted molar refractivity (Wildman–Crippen MR) is 53.6 cm³/mol. The number of amides is 1. The molecule has 0 fully saturated rings. The van der Waals surface area contributed by atoms with Gasteiger partial charge in [-0.3, -0.25) is 4.79 Å². The maximum absolute atomic E-state index is 11.2. The summed E-state index contributed by atoms with van der Waals surface area (Å²) in [6.07, 6.45) is 2.46. The van der Waals surface area contributed by atoms with E-state index in [1.54, 1.807) is 0 Å². The van der Waals surface area contributed by atoms with Gasteiger partial charge in [0.2, 0.25) is 5.91 Å².